The van der Waals surface area contributed by atoms with Gasteiger partial charge in [0.15, 0.2) is 0 Å². The third-order valence-corrected chi connectivity index (χ3v) is 6.45. The number of hydrogen-bond acceptors (Lipinski definition) is 9. The first-order valence-corrected chi connectivity index (χ1v) is 12.0. The van der Waals surface area contributed by atoms with Gasteiger partial charge in [-0.15, -0.1) is 0 Å². The average Bonchev–Trinajstić information content (AvgIpc) is 2.79. The van der Waals surface area contributed by atoms with Crippen LogP contribution < -0.4 is 9.47 Å². The van der Waals surface area contributed by atoms with E-state index in [9.17, 15) is 13.9 Å². The fraction of sp³-hybridized carbons (Fsp3) is 0.476. The SMILES string of the molecule is Cc1c(Oc2ccc(CC3COS(O)(O)OC3)cc2)ncnc1OC1CCN(C(=O)O)CC1. The molecule has 0 spiro atoms. The molecule has 1 aromatic heterocycles. The molecule has 4 rings (SSSR count). The first kappa shape index (κ1) is 23.5. The summed E-state index contributed by atoms with van der Waals surface area (Å²) in [4.78, 5) is 20.9. The molecule has 1 aromatic carbocycles. The summed E-state index contributed by atoms with van der Waals surface area (Å²) in [6.07, 6.45) is 2.23. The summed E-state index contributed by atoms with van der Waals surface area (Å²) in [6, 6.07) is 7.51. The van der Waals surface area contributed by atoms with Crippen molar-refractivity contribution in [3.8, 4) is 17.5 Å². The van der Waals surface area contributed by atoms with Gasteiger partial charge in [0.25, 0.3) is 0 Å². The number of hydrogen-bond donors (Lipinski definition) is 3. The molecule has 0 aliphatic carbocycles. The lowest BCUT2D eigenvalue weighted by molar-refractivity contribution is 0.0652. The topological polar surface area (TPSA) is 144 Å². The van der Waals surface area contributed by atoms with Gasteiger partial charge in [-0.2, -0.15) is 0 Å². The monoisotopic (exact) mass is 481 g/mol. The molecule has 0 saturated carbocycles. The second-order valence-electron chi connectivity index (χ2n) is 8.03. The largest absolute Gasteiger partial charge is 0.474 e. The lowest BCUT2D eigenvalue weighted by Crippen LogP contribution is -2.41. The number of likely N-dealkylation sites (tertiary alicyclic amines) is 1. The minimum absolute atomic E-state index is 0.0304. The normalized spacial score (nSPS) is 20.3. The smallest absolute Gasteiger partial charge is 0.407 e. The minimum Gasteiger partial charge on any atom is -0.474 e. The number of carbonyl (C=O) groups is 1. The summed E-state index contributed by atoms with van der Waals surface area (Å²) in [5.41, 5.74) is 1.70. The average molecular weight is 482 g/mol. The Morgan fingerprint density at radius 3 is 2.39 bits per heavy atom. The summed E-state index contributed by atoms with van der Waals surface area (Å²) >= 11 is -3.34. The highest BCUT2D eigenvalue weighted by atomic mass is 32.3. The predicted octanol–water partition coefficient (Wildman–Crippen LogP) is 3.88. The van der Waals surface area contributed by atoms with Crippen LogP contribution in [-0.4, -0.2) is 67.6 Å². The molecule has 33 heavy (non-hydrogen) atoms. The fourth-order valence-corrected chi connectivity index (χ4v) is 4.48. The highest BCUT2D eigenvalue weighted by molar-refractivity contribution is 8.16. The van der Waals surface area contributed by atoms with Crippen molar-refractivity contribution in [1.82, 2.24) is 14.9 Å². The molecule has 2 aromatic rings. The number of aromatic nitrogens is 2. The molecule has 3 heterocycles. The molecule has 3 N–H and O–H groups in total. The van der Waals surface area contributed by atoms with Crippen LogP contribution in [0.2, 0.25) is 0 Å². The van der Waals surface area contributed by atoms with E-state index in [0.717, 1.165) is 5.56 Å². The summed E-state index contributed by atoms with van der Waals surface area (Å²) in [5.74, 6) is 1.44. The van der Waals surface area contributed by atoms with Gasteiger partial charge >= 0.3 is 6.09 Å². The van der Waals surface area contributed by atoms with E-state index < -0.39 is 17.2 Å². The Balaban J connectivity index is 1.33. The highest BCUT2D eigenvalue weighted by Gasteiger charge is 2.29. The summed E-state index contributed by atoms with van der Waals surface area (Å²) < 4.78 is 40.5. The number of amides is 1. The van der Waals surface area contributed by atoms with E-state index in [1.165, 1.54) is 11.2 Å². The van der Waals surface area contributed by atoms with Crippen molar-refractivity contribution in [2.24, 2.45) is 5.92 Å². The summed E-state index contributed by atoms with van der Waals surface area (Å²) in [5, 5.41) is 9.07. The van der Waals surface area contributed by atoms with Crippen LogP contribution in [-0.2, 0) is 14.8 Å². The summed E-state index contributed by atoms with van der Waals surface area (Å²) in [7, 11) is 0. The highest BCUT2D eigenvalue weighted by Crippen LogP contribution is 2.45. The maximum absolute atomic E-state index is 11.1. The van der Waals surface area contributed by atoms with Crippen LogP contribution >= 0.6 is 11.2 Å². The van der Waals surface area contributed by atoms with Crippen molar-refractivity contribution in [3.05, 3.63) is 41.7 Å². The van der Waals surface area contributed by atoms with Gasteiger partial charge in [0, 0.05) is 31.8 Å². The van der Waals surface area contributed by atoms with Gasteiger partial charge in [-0.25, -0.2) is 14.8 Å². The molecule has 2 saturated heterocycles. The maximum Gasteiger partial charge on any atom is 0.407 e. The van der Waals surface area contributed by atoms with Crippen LogP contribution in [0.3, 0.4) is 0 Å². The molecular weight excluding hydrogens is 454 g/mol. The third kappa shape index (κ3) is 6.24. The van der Waals surface area contributed by atoms with Gasteiger partial charge in [0.1, 0.15) is 18.2 Å². The number of carboxylic acid groups (broad SMARTS) is 1. The van der Waals surface area contributed by atoms with Crippen LogP contribution in [0.4, 0.5) is 4.79 Å². The molecule has 2 aliphatic rings. The zero-order valence-electron chi connectivity index (χ0n) is 18.1. The number of ether oxygens (including phenoxy) is 2. The standard InChI is InChI=1S/C21H27N3O8S/c1-14-19(22-13-23-20(14)32-18-6-8-24(9-7-18)21(25)26)31-17-4-2-15(3-5-17)10-16-11-29-33(27,28)30-12-16/h2-5,13,16,18,27-28H,6-12H2,1H3,(H,25,26). The number of rotatable bonds is 6. The van der Waals surface area contributed by atoms with Crippen LogP contribution in [0.15, 0.2) is 30.6 Å². The Hall–Kier alpha value is -2.64. The Labute approximate surface area is 193 Å². The number of nitrogens with zero attached hydrogens (tertiary/aromatic N) is 3. The third-order valence-electron chi connectivity index (χ3n) is 5.56. The van der Waals surface area contributed by atoms with Crippen molar-refractivity contribution < 1.29 is 36.8 Å². The van der Waals surface area contributed by atoms with Gasteiger partial charge in [-0.05, 0) is 31.0 Å². The Bertz CT molecular complexity index is 956. The molecule has 0 radical (unpaired) electrons. The minimum atomic E-state index is -3.34. The molecular formula is C21H27N3O8S. The zero-order valence-corrected chi connectivity index (χ0v) is 18.9. The molecule has 2 aliphatic heterocycles. The zero-order chi connectivity index (χ0) is 23.4. The van der Waals surface area contributed by atoms with Gasteiger partial charge in [0.2, 0.25) is 22.9 Å². The van der Waals surface area contributed by atoms with E-state index in [1.54, 1.807) is 0 Å². The van der Waals surface area contributed by atoms with Gasteiger partial charge < -0.3 is 19.5 Å². The molecule has 0 unspecified atom stereocenters. The van der Waals surface area contributed by atoms with E-state index in [4.69, 9.17) is 22.9 Å². The van der Waals surface area contributed by atoms with Crippen molar-refractivity contribution in [3.63, 3.8) is 0 Å². The van der Waals surface area contributed by atoms with E-state index in [-0.39, 0.29) is 25.2 Å². The van der Waals surface area contributed by atoms with Gasteiger partial charge in [-0.3, -0.25) is 17.5 Å². The second-order valence-corrected chi connectivity index (χ2v) is 9.40. The van der Waals surface area contributed by atoms with Crippen molar-refractivity contribution in [1.29, 1.82) is 0 Å². The summed E-state index contributed by atoms with van der Waals surface area (Å²) in [6.45, 7) is 3.12. The van der Waals surface area contributed by atoms with Gasteiger partial charge in [-0.1, -0.05) is 12.1 Å². The predicted molar refractivity (Wildman–Crippen MR) is 118 cm³/mol. The second kappa shape index (κ2) is 10.1. The van der Waals surface area contributed by atoms with Crippen LogP contribution in [0.1, 0.15) is 24.0 Å². The van der Waals surface area contributed by atoms with Crippen LogP contribution in [0, 0.1) is 12.8 Å². The van der Waals surface area contributed by atoms with Crippen molar-refractivity contribution in [2.75, 3.05) is 26.3 Å². The Morgan fingerprint density at radius 1 is 1.12 bits per heavy atom. The van der Waals surface area contributed by atoms with E-state index in [0.29, 0.717) is 55.4 Å². The molecule has 0 bridgehead atoms. The van der Waals surface area contributed by atoms with Gasteiger partial charge in [0.05, 0.1) is 18.8 Å². The molecule has 12 heteroatoms. The van der Waals surface area contributed by atoms with Crippen molar-refractivity contribution >= 4 is 17.2 Å². The van der Waals surface area contributed by atoms with E-state index >= 15 is 0 Å². The first-order valence-electron chi connectivity index (χ1n) is 10.6. The van der Waals surface area contributed by atoms with E-state index in [2.05, 4.69) is 9.97 Å². The molecule has 1 amide bonds. The molecule has 180 valence electrons. The van der Waals surface area contributed by atoms with Crippen LogP contribution in [0.25, 0.3) is 0 Å². The van der Waals surface area contributed by atoms with Crippen LogP contribution in [0.5, 0.6) is 17.5 Å². The van der Waals surface area contributed by atoms with E-state index in [1.807, 2.05) is 31.2 Å². The number of piperidine rings is 1. The fourth-order valence-electron chi connectivity index (χ4n) is 3.67. The van der Waals surface area contributed by atoms with Crippen molar-refractivity contribution in [2.45, 2.75) is 32.3 Å². The lowest BCUT2D eigenvalue weighted by Gasteiger charge is -2.33. The lowest BCUT2D eigenvalue weighted by atomic mass is 10.0. The molecule has 0 atom stereocenters. The first-order chi connectivity index (χ1) is 15.8. The Morgan fingerprint density at radius 2 is 1.76 bits per heavy atom. The Kier molecular flexibility index (Phi) is 7.20. The quantitative estimate of drug-likeness (QED) is 0.556. The number of benzene rings is 1. The molecule has 2 fully saturated rings. The molecule has 11 nitrogen and oxygen atoms in total. The maximum atomic E-state index is 11.1.